The Labute approximate surface area is 458 Å². The van der Waals surface area contributed by atoms with Crippen molar-refractivity contribution in [3.8, 4) is 16.9 Å². The Kier molecular flexibility index (Phi) is 36.0. The third-order valence-corrected chi connectivity index (χ3v) is 11.6. The molecule has 2 N–H and O–H groups in total. The van der Waals surface area contributed by atoms with E-state index < -0.39 is 11.9 Å². The first-order valence-electron chi connectivity index (χ1n) is 26.9. The summed E-state index contributed by atoms with van der Waals surface area (Å²) in [5.41, 5.74) is 13.0. The van der Waals surface area contributed by atoms with Gasteiger partial charge >= 0.3 is 5.97 Å². The standard InChI is InChI=1S/C57H81N5O16/c1-46-16-17-59-50(42-46)6-2-5-9-56(64)60-45-51(63)43-49(44-57(65)66)47-10-12-48(13-11-47)52-14-15-55(54-8-4-3-7-53(52)54)78-41-40-77-39-38-76-37-36-75-35-34-74-33-32-73-31-30-72-29-28-71-27-26-70-25-24-69-23-22-68-21-20-67-19-18-61-62-58/h3-4,7-8,10-17,42,49H,2,5-6,9,18-41,43-45H2,1H3,(H,60,64)(H,65,66)/t49-/m0/s1. The van der Waals surface area contributed by atoms with Crippen LogP contribution < -0.4 is 10.1 Å². The smallest absolute Gasteiger partial charge is 0.303 e. The summed E-state index contributed by atoms with van der Waals surface area (Å²) in [5.74, 6) is -1.23. The number of carboxylic acids is 1. The number of hydrogen-bond donors (Lipinski definition) is 2. The van der Waals surface area contributed by atoms with Crippen LogP contribution in [0.5, 0.6) is 5.75 Å². The predicted molar refractivity (Wildman–Crippen MR) is 292 cm³/mol. The Balaban J connectivity index is 0.944. The number of ketones is 1. The number of benzene rings is 3. The molecule has 1 heterocycles. The summed E-state index contributed by atoms with van der Waals surface area (Å²) in [6, 6.07) is 23.5. The highest BCUT2D eigenvalue weighted by molar-refractivity contribution is 6.00. The number of unbranched alkanes of at least 4 members (excludes halogenated alkanes) is 1. The highest BCUT2D eigenvalue weighted by Crippen LogP contribution is 2.35. The molecule has 21 heteroatoms. The van der Waals surface area contributed by atoms with E-state index in [-0.39, 0.29) is 31.1 Å². The van der Waals surface area contributed by atoms with E-state index in [0.717, 1.165) is 57.3 Å². The summed E-state index contributed by atoms with van der Waals surface area (Å²) in [6.45, 7) is 12.5. The SMILES string of the molecule is Cc1ccnc(CCCCC(=O)NCC(=O)C[C@@H](CC(=O)O)c2ccc(-c3ccc(OCCOCCOCCOCCOCCOCCOCCOCCOCCOCCOCCOCCN=[N+]=[N-])c4ccccc34)cc2)c1. The number of carbonyl (C=O) groups is 3. The van der Waals surface area contributed by atoms with Gasteiger partial charge in [-0.3, -0.25) is 19.4 Å². The molecule has 1 aromatic heterocycles. The van der Waals surface area contributed by atoms with Gasteiger partial charge in [0, 0.05) is 47.5 Å². The molecular formula is C57H81N5O16. The number of Topliss-reactive ketones (excluding diaryl/α,β-unsaturated/α-hetero) is 1. The Morgan fingerprint density at radius 3 is 1.56 bits per heavy atom. The van der Waals surface area contributed by atoms with Crippen LogP contribution in [0.3, 0.4) is 0 Å². The van der Waals surface area contributed by atoms with E-state index in [1.807, 2.05) is 79.7 Å². The van der Waals surface area contributed by atoms with E-state index in [0.29, 0.717) is 171 Å². The second kappa shape index (κ2) is 43.3. The molecule has 0 fully saturated rings. The van der Waals surface area contributed by atoms with E-state index in [4.69, 9.17) is 62.4 Å². The fraction of sp³-hybridized carbons (Fsp3) is 0.579. The maximum atomic E-state index is 13.0. The van der Waals surface area contributed by atoms with Crippen LogP contribution >= 0.6 is 0 Å². The number of ether oxygens (including phenoxy) is 12. The quantitative estimate of drug-likeness (QED) is 0.0193. The number of carboxylic acid groups (broad SMARTS) is 1. The summed E-state index contributed by atoms with van der Waals surface area (Å²) in [6.07, 6.45) is 4.16. The highest BCUT2D eigenvalue weighted by Gasteiger charge is 2.20. The monoisotopic (exact) mass is 1090 g/mol. The molecule has 0 bridgehead atoms. The van der Waals surface area contributed by atoms with E-state index in [2.05, 4.69) is 20.3 Å². The summed E-state index contributed by atoms with van der Waals surface area (Å²) in [4.78, 5) is 44.3. The number of nitrogens with one attached hydrogen (secondary N) is 1. The number of hydrogen-bond acceptors (Lipinski definition) is 17. The summed E-state index contributed by atoms with van der Waals surface area (Å²) < 4.78 is 66.7. The molecule has 0 saturated carbocycles. The van der Waals surface area contributed by atoms with Gasteiger partial charge in [-0.15, -0.1) is 0 Å². The van der Waals surface area contributed by atoms with Gasteiger partial charge in [0.2, 0.25) is 5.91 Å². The Morgan fingerprint density at radius 2 is 1.08 bits per heavy atom. The minimum Gasteiger partial charge on any atom is -0.491 e. The van der Waals surface area contributed by atoms with Crippen molar-refractivity contribution in [2.24, 2.45) is 5.11 Å². The summed E-state index contributed by atoms with van der Waals surface area (Å²) >= 11 is 0. The molecule has 0 unspecified atom stereocenters. The molecule has 78 heavy (non-hydrogen) atoms. The van der Waals surface area contributed by atoms with Crippen molar-refractivity contribution in [3.63, 3.8) is 0 Å². The average Bonchev–Trinajstić information content (AvgIpc) is 3.50. The fourth-order valence-electron chi connectivity index (χ4n) is 7.72. The number of pyridine rings is 1. The number of carbonyl (C=O) groups excluding carboxylic acids is 2. The zero-order valence-electron chi connectivity index (χ0n) is 45.4. The van der Waals surface area contributed by atoms with Gasteiger partial charge in [-0.2, -0.15) is 0 Å². The molecule has 4 rings (SSSR count). The van der Waals surface area contributed by atoms with Crippen LogP contribution in [0, 0.1) is 6.92 Å². The lowest BCUT2D eigenvalue weighted by atomic mass is 9.89. The lowest BCUT2D eigenvalue weighted by Crippen LogP contribution is -2.30. The average molecular weight is 1090 g/mol. The van der Waals surface area contributed by atoms with Crippen LogP contribution in [-0.4, -0.2) is 193 Å². The zero-order valence-corrected chi connectivity index (χ0v) is 45.4. The van der Waals surface area contributed by atoms with Crippen molar-refractivity contribution in [1.29, 1.82) is 0 Å². The molecule has 430 valence electrons. The number of amides is 1. The van der Waals surface area contributed by atoms with Crippen LogP contribution in [-0.2, 0) is 72.9 Å². The van der Waals surface area contributed by atoms with Crippen molar-refractivity contribution in [2.45, 2.75) is 51.4 Å². The Bertz CT molecular complexity index is 2290. The fourth-order valence-corrected chi connectivity index (χ4v) is 7.72. The molecule has 0 aliphatic carbocycles. The topological polar surface area (TPSA) is 256 Å². The van der Waals surface area contributed by atoms with E-state index in [9.17, 15) is 19.5 Å². The highest BCUT2D eigenvalue weighted by atomic mass is 16.6. The molecule has 0 spiro atoms. The van der Waals surface area contributed by atoms with Crippen molar-refractivity contribution < 1.29 is 76.3 Å². The van der Waals surface area contributed by atoms with Gasteiger partial charge in [-0.1, -0.05) is 59.7 Å². The number of azide groups is 1. The molecule has 0 saturated heterocycles. The minimum absolute atomic E-state index is 0.0000518. The second-order valence-corrected chi connectivity index (χ2v) is 17.7. The largest absolute Gasteiger partial charge is 0.491 e. The van der Waals surface area contributed by atoms with Crippen molar-refractivity contribution in [3.05, 3.63) is 106 Å². The lowest BCUT2D eigenvalue weighted by molar-refractivity contribution is -0.137. The Morgan fingerprint density at radius 1 is 0.590 bits per heavy atom. The summed E-state index contributed by atoms with van der Waals surface area (Å²) in [7, 11) is 0. The van der Waals surface area contributed by atoms with Gasteiger partial charge in [0.15, 0.2) is 5.78 Å². The minimum atomic E-state index is -0.998. The maximum Gasteiger partial charge on any atom is 0.303 e. The van der Waals surface area contributed by atoms with Gasteiger partial charge < -0.3 is 67.3 Å². The van der Waals surface area contributed by atoms with E-state index in [1.165, 1.54) is 0 Å². The molecule has 0 aliphatic heterocycles. The van der Waals surface area contributed by atoms with Gasteiger partial charge in [-0.05, 0) is 77.6 Å². The molecule has 3 aromatic carbocycles. The normalized spacial score (nSPS) is 11.7. The molecular weight excluding hydrogens is 1010 g/mol. The van der Waals surface area contributed by atoms with Crippen LogP contribution in [0.25, 0.3) is 32.3 Å². The third kappa shape index (κ3) is 30.5. The van der Waals surface area contributed by atoms with Gasteiger partial charge in [0.25, 0.3) is 0 Å². The van der Waals surface area contributed by atoms with Gasteiger partial charge in [-0.25, -0.2) is 0 Å². The number of aliphatic carboxylic acids is 1. The Hall–Kier alpha value is -5.65. The van der Waals surface area contributed by atoms with Gasteiger partial charge in [0.05, 0.1) is 158 Å². The first kappa shape index (κ1) is 64.9. The molecule has 0 radical (unpaired) electrons. The van der Waals surface area contributed by atoms with Crippen LogP contribution in [0.4, 0.5) is 0 Å². The number of fused-ring (bicyclic) bond motifs is 1. The molecule has 1 amide bonds. The number of nitrogens with zero attached hydrogens (tertiary/aromatic N) is 4. The van der Waals surface area contributed by atoms with Gasteiger partial charge in [0.1, 0.15) is 12.4 Å². The van der Waals surface area contributed by atoms with Crippen LogP contribution in [0.15, 0.2) is 84.1 Å². The van der Waals surface area contributed by atoms with Crippen molar-refractivity contribution >= 4 is 28.4 Å². The first-order chi connectivity index (χ1) is 38.3. The molecule has 0 aliphatic rings. The lowest BCUT2D eigenvalue weighted by Gasteiger charge is -2.17. The maximum absolute atomic E-state index is 13.0. The molecule has 1 atom stereocenters. The molecule has 21 nitrogen and oxygen atoms in total. The first-order valence-corrected chi connectivity index (χ1v) is 26.9. The number of aryl methyl sites for hydroxylation is 2. The second-order valence-electron chi connectivity index (χ2n) is 17.7. The van der Waals surface area contributed by atoms with E-state index in [1.54, 1.807) is 6.20 Å². The predicted octanol–water partition coefficient (Wildman–Crippen LogP) is 7.13. The van der Waals surface area contributed by atoms with Crippen LogP contribution in [0.2, 0.25) is 0 Å². The van der Waals surface area contributed by atoms with Crippen LogP contribution in [0.1, 0.15) is 54.8 Å². The zero-order chi connectivity index (χ0) is 55.4. The number of rotatable bonds is 50. The summed E-state index contributed by atoms with van der Waals surface area (Å²) in [5, 5.41) is 17.7. The number of aromatic nitrogens is 1. The van der Waals surface area contributed by atoms with E-state index >= 15 is 0 Å². The van der Waals surface area contributed by atoms with Crippen molar-refractivity contribution in [1.82, 2.24) is 10.3 Å². The van der Waals surface area contributed by atoms with Crippen molar-refractivity contribution in [2.75, 3.05) is 165 Å². The molecule has 4 aromatic rings. The third-order valence-electron chi connectivity index (χ3n) is 11.6.